The van der Waals surface area contributed by atoms with Crippen molar-refractivity contribution in [1.29, 1.82) is 0 Å². The van der Waals surface area contributed by atoms with Crippen molar-refractivity contribution in [3.8, 4) is 0 Å². The van der Waals surface area contributed by atoms with Gasteiger partial charge in [-0.3, -0.25) is 4.79 Å². The van der Waals surface area contributed by atoms with Gasteiger partial charge in [-0.15, -0.1) is 0 Å². The third kappa shape index (κ3) is 1.65. The van der Waals surface area contributed by atoms with Crippen LogP contribution in [0.2, 0.25) is 0 Å². The molecule has 12 heavy (non-hydrogen) atoms. The number of hydrogen-bond acceptors (Lipinski definition) is 5. The van der Waals surface area contributed by atoms with E-state index in [1.165, 1.54) is 5.38 Å². The number of rotatable bonds is 3. The number of nitrogens with zero attached hydrogens (tertiary/aromatic N) is 2. The Morgan fingerprint density at radius 2 is 2.50 bits per heavy atom. The molecule has 1 aromatic heterocycles. The Balaban J connectivity index is 2.91. The predicted octanol–water partition coefficient (Wildman–Crippen LogP) is 1.64. The molecule has 0 N–H and O–H groups in total. The van der Waals surface area contributed by atoms with Crippen molar-refractivity contribution in [2.75, 3.05) is 0 Å². The van der Waals surface area contributed by atoms with Gasteiger partial charge in [-0.1, -0.05) is 18.3 Å². The predicted molar refractivity (Wildman–Crippen MR) is 43.4 cm³/mol. The van der Waals surface area contributed by atoms with E-state index in [1.54, 1.807) is 6.92 Å². The minimum Gasteiger partial charge on any atom is -0.358 e. The van der Waals surface area contributed by atoms with Gasteiger partial charge in [-0.05, 0) is 9.91 Å². The summed E-state index contributed by atoms with van der Waals surface area (Å²) in [6.45, 7) is 1.69. The molecule has 0 aliphatic carbocycles. The van der Waals surface area contributed by atoms with Crippen LogP contribution in [0, 0.1) is 10.1 Å². The monoisotopic (exact) mass is 186 g/mol. The summed E-state index contributed by atoms with van der Waals surface area (Å²) >= 11 is 1.01. The van der Waals surface area contributed by atoms with Crippen LogP contribution in [0.1, 0.15) is 23.1 Å². The van der Waals surface area contributed by atoms with E-state index in [4.69, 9.17) is 0 Å². The van der Waals surface area contributed by atoms with Gasteiger partial charge >= 0.3 is 5.82 Å². The molecule has 0 amide bonds. The lowest BCUT2D eigenvalue weighted by atomic mass is 10.3. The van der Waals surface area contributed by atoms with Crippen molar-refractivity contribution in [2.45, 2.75) is 13.3 Å². The third-order valence-electron chi connectivity index (χ3n) is 1.24. The topological polar surface area (TPSA) is 73.1 Å². The summed E-state index contributed by atoms with van der Waals surface area (Å²) in [5, 5.41) is 11.6. The van der Waals surface area contributed by atoms with E-state index in [9.17, 15) is 14.9 Å². The van der Waals surface area contributed by atoms with Gasteiger partial charge in [0.05, 0.1) is 5.38 Å². The van der Waals surface area contributed by atoms with Crippen molar-refractivity contribution in [3.63, 3.8) is 0 Å². The molecule has 0 radical (unpaired) electrons. The van der Waals surface area contributed by atoms with Crippen molar-refractivity contribution in [1.82, 2.24) is 4.98 Å². The number of aromatic nitrogens is 1. The van der Waals surface area contributed by atoms with Gasteiger partial charge in [-0.25, -0.2) is 0 Å². The highest BCUT2D eigenvalue weighted by molar-refractivity contribution is 7.12. The maximum Gasteiger partial charge on any atom is 0.375 e. The van der Waals surface area contributed by atoms with Crippen LogP contribution in [0.5, 0.6) is 0 Å². The molecule has 0 saturated heterocycles. The lowest BCUT2D eigenvalue weighted by molar-refractivity contribution is -0.389. The van der Waals surface area contributed by atoms with Gasteiger partial charge in [0.1, 0.15) is 0 Å². The summed E-state index contributed by atoms with van der Waals surface area (Å²) in [5.74, 6) is -0.412. The van der Waals surface area contributed by atoms with Gasteiger partial charge < -0.3 is 10.1 Å². The van der Waals surface area contributed by atoms with E-state index in [0.717, 1.165) is 11.3 Å². The second kappa shape index (κ2) is 3.40. The Hall–Kier alpha value is -1.30. The summed E-state index contributed by atoms with van der Waals surface area (Å²) in [5.41, 5.74) is 0. The summed E-state index contributed by atoms with van der Waals surface area (Å²) in [6, 6.07) is 0. The Kier molecular flexibility index (Phi) is 2.49. The number of thiazole rings is 1. The standard InChI is InChI=1S/C6H6N2O3S/c1-2-4(9)6-7-5(3-12-6)8(10)11/h3H,2H2,1H3. The van der Waals surface area contributed by atoms with Crippen LogP contribution in [-0.4, -0.2) is 15.7 Å². The van der Waals surface area contributed by atoms with Crippen LogP contribution in [0.3, 0.4) is 0 Å². The zero-order valence-corrected chi connectivity index (χ0v) is 7.13. The number of Topliss-reactive ketones (excluding diaryl/α,β-unsaturated/α-hetero) is 1. The van der Waals surface area contributed by atoms with Crippen molar-refractivity contribution >= 4 is 22.9 Å². The molecule has 0 aromatic carbocycles. The second-order valence-corrected chi connectivity index (χ2v) is 2.90. The van der Waals surface area contributed by atoms with E-state index in [-0.39, 0.29) is 16.6 Å². The summed E-state index contributed by atoms with van der Waals surface area (Å²) < 4.78 is 0. The zero-order valence-electron chi connectivity index (χ0n) is 6.31. The molecule has 0 bridgehead atoms. The van der Waals surface area contributed by atoms with Crippen LogP contribution < -0.4 is 0 Å². The van der Waals surface area contributed by atoms with E-state index in [0.29, 0.717) is 6.42 Å². The molecule has 5 nitrogen and oxygen atoms in total. The van der Waals surface area contributed by atoms with E-state index < -0.39 is 4.92 Å². The maximum absolute atomic E-state index is 11.0. The van der Waals surface area contributed by atoms with Crippen LogP contribution >= 0.6 is 11.3 Å². The molecular weight excluding hydrogens is 180 g/mol. The Morgan fingerprint density at radius 1 is 1.83 bits per heavy atom. The Bertz CT molecular complexity index is 320. The molecule has 1 rings (SSSR count). The minimum atomic E-state index is -0.608. The van der Waals surface area contributed by atoms with E-state index >= 15 is 0 Å². The highest BCUT2D eigenvalue weighted by Crippen LogP contribution is 2.17. The second-order valence-electron chi connectivity index (χ2n) is 2.04. The van der Waals surface area contributed by atoms with Crippen LogP contribution in [-0.2, 0) is 0 Å². The Morgan fingerprint density at radius 3 is 2.92 bits per heavy atom. The maximum atomic E-state index is 11.0. The van der Waals surface area contributed by atoms with Crippen molar-refractivity contribution in [2.24, 2.45) is 0 Å². The Labute approximate surface area is 72.2 Å². The number of ketones is 1. The van der Waals surface area contributed by atoms with Gasteiger partial charge in [0.15, 0.2) is 0 Å². The fourth-order valence-corrected chi connectivity index (χ4v) is 1.41. The number of carbonyl (C=O) groups excluding carboxylic acids is 1. The molecule has 0 aliphatic rings. The van der Waals surface area contributed by atoms with Crippen LogP contribution in [0.4, 0.5) is 5.82 Å². The molecule has 0 unspecified atom stereocenters. The van der Waals surface area contributed by atoms with Crippen molar-refractivity contribution in [3.05, 3.63) is 20.5 Å². The highest BCUT2D eigenvalue weighted by atomic mass is 32.1. The number of nitro groups is 1. The van der Waals surface area contributed by atoms with Gasteiger partial charge in [0.25, 0.3) is 5.01 Å². The number of carbonyl (C=O) groups is 1. The zero-order chi connectivity index (χ0) is 9.14. The summed E-state index contributed by atoms with van der Waals surface area (Å²) in [6.07, 6.45) is 0.324. The van der Waals surface area contributed by atoms with E-state index in [1.807, 2.05) is 0 Å². The first-order valence-corrected chi connectivity index (χ1v) is 4.16. The molecular formula is C6H6N2O3S. The van der Waals surface area contributed by atoms with Gasteiger partial charge in [0, 0.05) is 6.42 Å². The minimum absolute atomic E-state index is 0.159. The first kappa shape index (κ1) is 8.79. The molecule has 1 aromatic rings. The largest absolute Gasteiger partial charge is 0.375 e. The number of hydrogen-bond donors (Lipinski definition) is 0. The first-order chi connectivity index (χ1) is 5.65. The summed E-state index contributed by atoms with van der Waals surface area (Å²) in [7, 11) is 0. The molecule has 64 valence electrons. The fraction of sp³-hybridized carbons (Fsp3) is 0.333. The molecule has 0 fully saturated rings. The normalized spacial score (nSPS) is 9.75. The third-order valence-corrected chi connectivity index (χ3v) is 2.11. The van der Waals surface area contributed by atoms with Gasteiger partial charge in [-0.2, -0.15) is 0 Å². The quantitative estimate of drug-likeness (QED) is 0.408. The average Bonchev–Trinajstić information content (AvgIpc) is 2.51. The van der Waals surface area contributed by atoms with E-state index in [2.05, 4.69) is 4.98 Å². The lowest BCUT2D eigenvalue weighted by Crippen LogP contribution is -1.96. The average molecular weight is 186 g/mol. The molecule has 0 spiro atoms. The summed E-state index contributed by atoms with van der Waals surface area (Å²) in [4.78, 5) is 24.1. The van der Waals surface area contributed by atoms with Gasteiger partial charge in [0.2, 0.25) is 5.78 Å². The van der Waals surface area contributed by atoms with Crippen LogP contribution in [0.15, 0.2) is 5.38 Å². The molecule has 0 atom stereocenters. The van der Waals surface area contributed by atoms with Crippen LogP contribution in [0.25, 0.3) is 0 Å². The molecule has 0 aliphatic heterocycles. The smallest absolute Gasteiger partial charge is 0.358 e. The lowest BCUT2D eigenvalue weighted by Gasteiger charge is -1.83. The highest BCUT2D eigenvalue weighted by Gasteiger charge is 2.18. The molecule has 1 heterocycles. The fourth-order valence-electron chi connectivity index (χ4n) is 0.628. The SMILES string of the molecule is CCC(=O)c1nc([N+](=O)[O-])cs1. The molecule has 6 heteroatoms. The van der Waals surface area contributed by atoms with Crippen molar-refractivity contribution < 1.29 is 9.72 Å². The molecule has 0 saturated carbocycles. The first-order valence-electron chi connectivity index (χ1n) is 3.28.